The van der Waals surface area contributed by atoms with Gasteiger partial charge in [0.15, 0.2) is 0 Å². The molecule has 0 aromatic carbocycles. The van der Waals surface area contributed by atoms with Crippen molar-refractivity contribution in [2.24, 2.45) is 5.73 Å². The molecule has 3 heteroatoms. The molecule has 2 rings (SSSR count). The fraction of sp³-hybridized carbons (Fsp3) is 1.00. The second-order valence-electron chi connectivity index (χ2n) is 4.98. The van der Waals surface area contributed by atoms with Crippen LogP contribution in [0.25, 0.3) is 0 Å². The van der Waals surface area contributed by atoms with Gasteiger partial charge in [-0.25, -0.2) is 0 Å². The summed E-state index contributed by atoms with van der Waals surface area (Å²) in [6.07, 6.45) is 6.78. The zero-order valence-electron chi connectivity index (χ0n) is 9.83. The van der Waals surface area contributed by atoms with Gasteiger partial charge < -0.3 is 10.6 Å². The molecule has 0 aliphatic carbocycles. The Balaban J connectivity index is 1.74. The molecule has 0 radical (unpaired) electrons. The van der Waals surface area contributed by atoms with Gasteiger partial charge in [0, 0.05) is 12.6 Å². The molecule has 2 heterocycles. The van der Waals surface area contributed by atoms with E-state index >= 15 is 0 Å². The van der Waals surface area contributed by atoms with E-state index in [0.29, 0.717) is 0 Å². The minimum absolute atomic E-state index is 0.828. The Morgan fingerprint density at radius 2 is 1.87 bits per heavy atom. The summed E-state index contributed by atoms with van der Waals surface area (Å²) in [5, 5.41) is 0. The van der Waals surface area contributed by atoms with Gasteiger partial charge in [0.25, 0.3) is 0 Å². The van der Waals surface area contributed by atoms with Crippen molar-refractivity contribution in [2.75, 3.05) is 39.3 Å². The van der Waals surface area contributed by atoms with Crippen LogP contribution in [0.3, 0.4) is 0 Å². The maximum absolute atomic E-state index is 5.58. The summed E-state index contributed by atoms with van der Waals surface area (Å²) in [4.78, 5) is 5.30. The number of nitrogens with two attached hydrogens (primary N) is 1. The largest absolute Gasteiger partial charge is 0.330 e. The van der Waals surface area contributed by atoms with E-state index in [9.17, 15) is 0 Å². The van der Waals surface area contributed by atoms with Gasteiger partial charge in [0.05, 0.1) is 0 Å². The Bertz CT molecular complexity index is 178. The third kappa shape index (κ3) is 3.16. The maximum atomic E-state index is 5.58. The van der Waals surface area contributed by atoms with Gasteiger partial charge in [-0.3, -0.25) is 4.90 Å². The molecular formula is C12H25N3. The average Bonchev–Trinajstić information content (AvgIpc) is 2.87. The van der Waals surface area contributed by atoms with Crippen LogP contribution in [0.15, 0.2) is 0 Å². The molecule has 88 valence electrons. The minimum Gasteiger partial charge on any atom is -0.330 e. The van der Waals surface area contributed by atoms with Gasteiger partial charge in [-0.15, -0.1) is 0 Å². The fourth-order valence-electron chi connectivity index (χ4n) is 2.95. The molecule has 0 spiro atoms. The van der Waals surface area contributed by atoms with E-state index in [-0.39, 0.29) is 0 Å². The van der Waals surface area contributed by atoms with Crippen LogP contribution in [-0.4, -0.2) is 55.1 Å². The summed E-state index contributed by atoms with van der Waals surface area (Å²) in [6, 6.07) is 0.828. The van der Waals surface area contributed by atoms with E-state index in [1.165, 1.54) is 58.4 Å². The summed E-state index contributed by atoms with van der Waals surface area (Å²) in [5.74, 6) is 0. The molecule has 2 aliphatic rings. The van der Waals surface area contributed by atoms with Crippen LogP contribution >= 0.6 is 0 Å². The summed E-state index contributed by atoms with van der Waals surface area (Å²) in [7, 11) is 0. The molecule has 2 N–H and O–H groups in total. The van der Waals surface area contributed by atoms with E-state index in [1.54, 1.807) is 0 Å². The van der Waals surface area contributed by atoms with Crippen LogP contribution in [-0.2, 0) is 0 Å². The van der Waals surface area contributed by atoms with Crippen molar-refractivity contribution >= 4 is 0 Å². The van der Waals surface area contributed by atoms with Crippen molar-refractivity contribution in [2.45, 2.75) is 38.1 Å². The average molecular weight is 211 g/mol. The Kier molecular flexibility index (Phi) is 4.42. The molecule has 15 heavy (non-hydrogen) atoms. The lowest BCUT2D eigenvalue weighted by Crippen LogP contribution is -2.40. The highest BCUT2D eigenvalue weighted by Gasteiger charge is 2.26. The predicted molar refractivity (Wildman–Crippen MR) is 63.9 cm³/mol. The highest BCUT2D eigenvalue weighted by molar-refractivity contribution is 4.83. The molecule has 1 unspecified atom stereocenters. The Morgan fingerprint density at radius 3 is 2.60 bits per heavy atom. The summed E-state index contributed by atoms with van der Waals surface area (Å²) >= 11 is 0. The second kappa shape index (κ2) is 5.83. The number of hydrogen-bond acceptors (Lipinski definition) is 3. The first-order chi connectivity index (χ1) is 7.40. The summed E-state index contributed by atoms with van der Waals surface area (Å²) < 4.78 is 0. The van der Waals surface area contributed by atoms with Gasteiger partial charge in [-0.1, -0.05) is 0 Å². The highest BCUT2D eigenvalue weighted by Crippen LogP contribution is 2.20. The Hall–Kier alpha value is -0.120. The van der Waals surface area contributed by atoms with E-state index in [2.05, 4.69) is 9.80 Å². The van der Waals surface area contributed by atoms with Crippen LogP contribution in [0.2, 0.25) is 0 Å². The number of hydrogen-bond donors (Lipinski definition) is 1. The van der Waals surface area contributed by atoms with Gasteiger partial charge >= 0.3 is 0 Å². The quantitative estimate of drug-likeness (QED) is 0.733. The smallest absolute Gasteiger partial charge is 0.0223 e. The third-order valence-electron chi connectivity index (χ3n) is 3.82. The Labute approximate surface area is 93.6 Å². The molecule has 2 aliphatic heterocycles. The van der Waals surface area contributed by atoms with Crippen molar-refractivity contribution in [1.82, 2.24) is 9.80 Å². The molecule has 0 saturated carbocycles. The molecule has 0 aromatic rings. The first-order valence-corrected chi connectivity index (χ1v) is 6.56. The van der Waals surface area contributed by atoms with E-state index in [1.807, 2.05) is 0 Å². The SMILES string of the molecule is NCCCN1CCCC1CN1CCCC1. The lowest BCUT2D eigenvalue weighted by atomic mass is 10.2. The molecule has 1 atom stereocenters. The fourth-order valence-corrected chi connectivity index (χ4v) is 2.95. The van der Waals surface area contributed by atoms with Gasteiger partial charge in [-0.2, -0.15) is 0 Å². The van der Waals surface area contributed by atoms with E-state index < -0.39 is 0 Å². The van der Waals surface area contributed by atoms with Gasteiger partial charge in [0.2, 0.25) is 0 Å². The van der Waals surface area contributed by atoms with Crippen LogP contribution in [0.4, 0.5) is 0 Å². The predicted octanol–water partition coefficient (Wildman–Crippen LogP) is 0.895. The third-order valence-corrected chi connectivity index (χ3v) is 3.82. The van der Waals surface area contributed by atoms with Gasteiger partial charge in [0.1, 0.15) is 0 Å². The highest BCUT2D eigenvalue weighted by atomic mass is 15.2. The minimum atomic E-state index is 0.828. The van der Waals surface area contributed by atoms with Crippen LogP contribution < -0.4 is 5.73 Å². The zero-order chi connectivity index (χ0) is 10.5. The number of likely N-dealkylation sites (tertiary alicyclic amines) is 2. The zero-order valence-corrected chi connectivity index (χ0v) is 9.83. The first kappa shape index (κ1) is 11.4. The van der Waals surface area contributed by atoms with Crippen molar-refractivity contribution in [3.8, 4) is 0 Å². The van der Waals surface area contributed by atoms with Gasteiger partial charge in [-0.05, 0) is 64.8 Å². The standard InChI is InChI=1S/C12H25N3/c13-6-4-10-15-9-3-5-12(15)11-14-7-1-2-8-14/h12H,1-11,13H2. The maximum Gasteiger partial charge on any atom is 0.0223 e. The lowest BCUT2D eigenvalue weighted by Gasteiger charge is -2.28. The topological polar surface area (TPSA) is 32.5 Å². The van der Waals surface area contributed by atoms with Crippen molar-refractivity contribution < 1.29 is 0 Å². The molecule has 3 nitrogen and oxygen atoms in total. The summed E-state index contributed by atoms with van der Waals surface area (Å²) in [6.45, 7) is 7.34. The van der Waals surface area contributed by atoms with Crippen LogP contribution in [0, 0.1) is 0 Å². The lowest BCUT2D eigenvalue weighted by molar-refractivity contribution is 0.191. The normalized spacial score (nSPS) is 29.0. The first-order valence-electron chi connectivity index (χ1n) is 6.56. The molecule has 2 saturated heterocycles. The molecular weight excluding hydrogens is 186 g/mol. The number of rotatable bonds is 5. The monoisotopic (exact) mass is 211 g/mol. The molecule has 2 fully saturated rings. The Morgan fingerprint density at radius 1 is 1.07 bits per heavy atom. The molecule has 0 bridgehead atoms. The van der Waals surface area contributed by atoms with Crippen LogP contribution in [0.1, 0.15) is 32.1 Å². The van der Waals surface area contributed by atoms with E-state index in [0.717, 1.165) is 19.0 Å². The van der Waals surface area contributed by atoms with Crippen LogP contribution in [0.5, 0.6) is 0 Å². The molecule has 0 amide bonds. The summed E-state index contributed by atoms with van der Waals surface area (Å²) in [5.41, 5.74) is 5.58. The van der Waals surface area contributed by atoms with E-state index in [4.69, 9.17) is 5.73 Å². The van der Waals surface area contributed by atoms with Crippen molar-refractivity contribution in [1.29, 1.82) is 0 Å². The van der Waals surface area contributed by atoms with Crippen molar-refractivity contribution in [3.63, 3.8) is 0 Å². The van der Waals surface area contributed by atoms with Crippen molar-refractivity contribution in [3.05, 3.63) is 0 Å². The second-order valence-corrected chi connectivity index (χ2v) is 4.98. The number of nitrogens with zero attached hydrogens (tertiary/aromatic N) is 2. The molecule has 0 aromatic heterocycles.